The third-order valence-electron chi connectivity index (χ3n) is 1.87. The fourth-order valence-corrected chi connectivity index (χ4v) is 1.01. The van der Waals surface area contributed by atoms with E-state index in [2.05, 4.69) is 0 Å². The van der Waals surface area contributed by atoms with Crippen LogP contribution in [-0.2, 0) is 0 Å². The molecule has 0 aliphatic rings. The van der Waals surface area contributed by atoms with Crippen LogP contribution in [0, 0.1) is 0 Å². The molecule has 0 saturated heterocycles. The molecule has 0 spiro atoms. The highest BCUT2D eigenvalue weighted by atomic mass is 16.3. The lowest BCUT2D eigenvalue weighted by Crippen LogP contribution is -2.07. The predicted octanol–water partition coefficient (Wildman–Crippen LogP) is 1.51. The summed E-state index contributed by atoms with van der Waals surface area (Å²) in [6, 6.07) is 4.57. The Labute approximate surface area is 71.5 Å². The molecule has 1 aromatic rings. The highest BCUT2D eigenvalue weighted by Crippen LogP contribution is 2.27. The molecule has 0 aliphatic carbocycles. The molecule has 0 heterocycles. The van der Waals surface area contributed by atoms with E-state index in [1.165, 1.54) is 12.1 Å². The van der Waals surface area contributed by atoms with Crippen LogP contribution < -0.4 is 5.73 Å². The van der Waals surface area contributed by atoms with E-state index in [1.807, 2.05) is 6.92 Å². The second-order valence-electron chi connectivity index (χ2n) is 2.76. The topological polar surface area (TPSA) is 66.5 Å². The van der Waals surface area contributed by atoms with Crippen molar-refractivity contribution in [3.05, 3.63) is 23.8 Å². The minimum Gasteiger partial charge on any atom is -0.504 e. The number of phenolic OH excluding ortho intramolecular Hbond substituents is 2. The molecule has 3 nitrogen and oxygen atoms in total. The Balaban J connectivity index is 2.96. The van der Waals surface area contributed by atoms with Crippen molar-refractivity contribution in [2.24, 2.45) is 5.73 Å². The van der Waals surface area contributed by atoms with Crippen molar-refractivity contribution in [3.63, 3.8) is 0 Å². The summed E-state index contributed by atoms with van der Waals surface area (Å²) in [6.45, 7) is 1.97. The minimum atomic E-state index is -0.114. The number of hydrogen-bond donors (Lipinski definition) is 3. The molecule has 0 amide bonds. The van der Waals surface area contributed by atoms with E-state index in [9.17, 15) is 0 Å². The minimum absolute atomic E-state index is 0.0727. The third kappa shape index (κ3) is 1.68. The van der Waals surface area contributed by atoms with E-state index in [0.717, 1.165) is 12.0 Å². The molecule has 0 aromatic heterocycles. The van der Waals surface area contributed by atoms with Gasteiger partial charge in [0.05, 0.1) is 0 Å². The normalized spacial score (nSPS) is 12.8. The highest BCUT2D eigenvalue weighted by molar-refractivity contribution is 5.41. The second-order valence-corrected chi connectivity index (χ2v) is 2.76. The number of rotatable bonds is 2. The van der Waals surface area contributed by atoms with Crippen molar-refractivity contribution in [1.82, 2.24) is 0 Å². The van der Waals surface area contributed by atoms with Gasteiger partial charge in [-0.1, -0.05) is 13.0 Å². The lowest BCUT2D eigenvalue weighted by atomic mass is 10.1. The zero-order valence-electron chi connectivity index (χ0n) is 6.99. The average molecular weight is 167 g/mol. The van der Waals surface area contributed by atoms with Gasteiger partial charge in [0.1, 0.15) is 0 Å². The number of phenols is 2. The van der Waals surface area contributed by atoms with Gasteiger partial charge in [0.15, 0.2) is 11.5 Å². The summed E-state index contributed by atoms with van der Waals surface area (Å²) in [7, 11) is 0. The lowest BCUT2D eigenvalue weighted by molar-refractivity contribution is 0.402. The average Bonchev–Trinajstić information content (AvgIpc) is 2.08. The zero-order chi connectivity index (χ0) is 9.14. The van der Waals surface area contributed by atoms with E-state index in [0.29, 0.717) is 0 Å². The standard InChI is InChI=1S/C9H13NO2/c1-2-7(10)6-3-4-8(11)9(12)5-6/h3-5,7,11-12H,2,10H2,1H3/t7-/m1/s1. The van der Waals surface area contributed by atoms with Gasteiger partial charge < -0.3 is 15.9 Å². The van der Waals surface area contributed by atoms with Crippen LogP contribution in [-0.4, -0.2) is 10.2 Å². The summed E-state index contributed by atoms with van der Waals surface area (Å²) < 4.78 is 0. The maximum absolute atomic E-state index is 9.14. The van der Waals surface area contributed by atoms with Crippen molar-refractivity contribution < 1.29 is 10.2 Å². The molecule has 0 fully saturated rings. The van der Waals surface area contributed by atoms with Crippen molar-refractivity contribution in [3.8, 4) is 11.5 Å². The van der Waals surface area contributed by atoms with Crippen LogP contribution in [0.15, 0.2) is 18.2 Å². The van der Waals surface area contributed by atoms with E-state index in [-0.39, 0.29) is 17.5 Å². The summed E-state index contributed by atoms with van der Waals surface area (Å²) in [6.07, 6.45) is 0.810. The van der Waals surface area contributed by atoms with Crippen molar-refractivity contribution >= 4 is 0 Å². The summed E-state index contributed by atoms with van der Waals surface area (Å²) in [4.78, 5) is 0. The van der Waals surface area contributed by atoms with Crippen LogP contribution >= 0.6 is 0 Å². The van der Waals surface area contributed by atoms with Crippen molar-refractivity contribution in [2.75, 3.05) is 0 Å². The van der Waals surface area contributed by atoms with Crippen LogP contribution in [0.1, 0.15) is 24.9 Å². The first kappa shape index (κ1) is 8.87. The van der Waals surface area contributed by atoms with Crippen molar-refractivity contribution in [1.29, 1.82) is 0 Å². The molecule has 4 N–H and O–H groups in total. The van der Waals surface area contributed by atoms with Crippen LogP contribution in [0.2, 0.25) is 0 Å². The van der Waals surface area contributed by atoms with Crippen molar-refractivity contribution in [2.45, 2.75) is 19.4 Å². The summed E-state index contributed by atoms with van der Waals surface area (Å²) in [5, 5.41) is 18.1. The van der Waals surface area contributed by atoms with Gasteiger partial charge in [-0.25, -0.2) is 0 Å². The van der Waals surface area contributed by atoms with E-state index >= 15 is 0 Å². The number of hydrogen-bond acceptors (Lipinski definition) is 3. The number of benzene rings is 1. The summed E-state index contributed by atoms with van der Waals surface area (Å²) in [5.74, 6) is -0.224. The molecule has 1 rings (SSSR count). The highest BCUT2D eigenvalue weighted by Gasteiger charge is 2.05. The number of aromatic hydroxyl groups is 2. The molecule has 0 unspecified atom stereocenters. The van der Waals surface area contributed by atoms with E-state index in [4.69, 9.17) is 15.9 Å². The van der Waals surface area contributed by atoms with Crippen LogP contribution in [0.4, 0.5) is 0 Å². The number of nitrogens with two attached hydrogens (primary N) is 1. The SMILES string of the molecule is CC[C@@H](N)c1ccc(O)c(O)c1. The van der Waals surface area contributed by atoms with Crippen LogP contribution in [0.25, 0.3) is 0 Å². The molecule has 66 valence electrons. The molecule has 1 atom stereocenters. The van der Waals surface area contributed by atoms with Crippen LogP contribution in [0.5, 0.6) is 11.5 Å². The predicted molar refractivity (Wildman–Crippen MR) is 47.0 cm³/mol. The summed E-state index contributed by atoms with van der Waals surface area (Å²) >= 11 is 0. The van der Waals surface area contributed by atoms with Crippen LogP contribution in [0.3, 0.4) is 0 Å². The van der Waals surface area contributed by atoms with Gasteiger partial charge in [-0.2, -0.15) is 0 Å². The molecule has 0 saturated carbocycles. The van der Waals surface area contributed by atoms with Gasteiger partial charge in [0.25, 0.3) is 0 Å². The lowest BCUT2D eigenvalue weighted by Gasteiger charge is -2.09. The molecule has 3 heteroatoms. The quantitative estimate of drug-likeness (QED) is 0.585. The maximum Gasteiger partial charge on any atom is 0.157 e. The molecule has 1 aromatic carbocycles. The van der Waals surface area contributed by atoms with Gasteiger partial charge in [0, 0.05) is 6.04 Å². The first-order valence-electron chi connectivity index (χ1n) is 3.92. The fourth-order valence-electron chi connectivity index (χ4n) is 1.01. The van der Waals surface area contributed by atoms with Gasteiger partial charge >= 0.3 is 0 Å². The monoisotopic (exact) mass is 167 g/mol. The maximum atomic E-state index is 9.14. The molecule has 0 bridgehead atoms. The molecular formula is C9H13NO2. The zero-order valence-corrected chi connectivity index (χ0v) is 6.99. The molecular weight excluding hydrogens is 154 g/mol. The Morgan fingerprint density at radius 3 is 2.50 bits per heavy atom. The van der Waals surface area contributed by atoms with Gasteiger partial charge in [-0.15, -0.1) is 0 Å². The van der Waals surface area contributed by atoms with E-state index < -0.39 is 0 Å². The Kier molecular flexibility index (Phi) is 2.55. The van der Waals surface area contributed by atoms with Gasteiger partial charge in [-0.3, -0.25) is 0 Å². The van der Waals surface area contributed by atoms with Gasteiger partial charge in [-0.05, 0) is 24.1 Å². The largest absolute Gasteiger partial charge is 0.504 e. The first-order valence-corrected chi connectivity index (χ1v) is 3.92. The fraction of sp³-hybridized carbons (Fsp3) is 0.333. The Bertz CT molecular complexity index is 273. The second kappa shape index (κ2) is 3.45. The first-order chi connectivity index (χ1) is 5.65. The molecule has 0 radical (unpaired) electrons. The Hall–Kier alpha value is -1.22. The Morgan fingerprint density at radius 2 is 2.00 bits per heavy atom. The van der Waals surface area contributed by atoms with Gasteiger partial charge in [0.2, 0.25) is 0 Å². The molecule has 12 heavy (non-hydrogen) atoms. The van der Waals surface area contributed by atoms with E-state index in [1.54, 1.807) is 6.07 Å². The third-order valence-corrected chi connectivity index (χ3v) is 1.87. The Morgan fingerprint density at radius 1 is 1.33 bits per heavy atom. The smallest absolute Gasteiger partial charge is 0.157 e. The molecule has 0 aliphatic heterocycles. The summed E-state index contributed by atoms with van der Waals surface area (Å²) in [5.41, 5.74) is 6.56.